The molecule has 1 aromatic carbocycles. The highest BCUT2D eigenvalue weighted by Gasteiger charge is 2.36. The number of benzene rings is 1. The van der Waals surface area contributed by atoms with Gasteiger partial charge in [0.05, 0.1) is 4.92 Å². The molecule has 0 aromatic heterocycles. The van der Waals surface area contributed by atoms with Crippen LogP contribution >= 0.6 is 0 Å². The summed E-state index contributed by atoms with van der Waals surface area (Å²) in [6, 6.07) is 2.32. The van der Waals surface area contributed by atoms with Gasteiger partial charge in [-0.25, -0.2) is 4.39 Å². The Hall–Kier alpha value is -1.60. The maximum atomic E-state index is 13.7. The van der Waals surface area contributed by atoms with E-state index in [4.69, 9.17) is 0 Å². The van der Waals surface area contributed by atoms with Gasteiger partial charge in [0.25, 0.3) is 0 Å². The zero-order chi connectivity index (χ0) is 15.0. The molecule has 2 aliphatic rings. The average molecular weight is 297 g/mol. The van der Waals surface area contributed by atoms with Gasteiger partial charge in [-0.05, 0) is 25.8 Å². The van der Waals surface area contributed by atoms with Gasteiger partial charge >= 0.3 is 5.69 Å². The molecule has 2 heterocycles. The van der Waals surface area contributed by atoms with Gasteiger partial charge in [0.1, 0.15) is 5.82 Å². The summed E-state index contributed by atoms with van der Waals surface area (Å²) in [4.78, 5) is 12.3. The Labute approximate surface area is 121 Å². The molecule has 114 valence electrons. The highest BCUT2D eigenvalue weighted by molar-refractivity contribution is 5.37. The fraction of sp³-hybridized carbons (Fsp3) is 0.571. The number of nitro benzene ring substituents is 1. The van der Waals surface area contributed by atoms with E-state index in [-0.39, 0.29) is 18.2 Å². The molecule has 1 aromatic rings. The van der Waals surface area contributed by atoms with Crippen LogP contribution in [0.15, 0.2) is 12.1 Å². The van der Waals surface area contributed by atoms with Crippen molar-refractivity contribution < 1.29 is 13.7 Å². The number of nitrogens with one attached hydrogen (secondary N) is 1. The Morgan fingerprint density at radius 2 is 2.10 bits per heavy atom. The molecule has 3 rings (SSSR count). The van der Waals surface area contributed by atoms with E-state index >= 15 is 0 Å². The molecule has 5 nitrogen and oxygen atoms in total. The summed E-state index contributed by atoms with van der Waals surface area (Å²) in [6.07, 6.45) is 3.30. The van der Waals surface area contributed by atoms with E-state index in [0.29, 0.717) is 12.1 Å². The van der Waals surface area contributed by atoms with E-state index in [1.807, 2.05) is 0 Å². The number of nitrogens with zero attached hydrogens (tertiary/aromatic N) is 2. The fourth-order valence-corrected chi connectivity index (χ4v) is 3.42. The van der Waals surface area contributed by atoms with Gasteiger partial charge in [-0.1, -0.05) is 0 Å². The molecule has 1 N–H and O–H groups in total. The second-order valence-electron chi connectivity index (χ2n) is 5.67. The van der Waals surface area contributed by atoms with Crippen LogP contribution < -0.4 is 5.32 Å². The predicted octanol–water partition coefficient (Wildman–Crippen LogP) is 2.20. The Morgan fingerprint density at radius 3 is 2.86 bits per heavy atom. The predicted molar refractivity (Wildman–Crippen MR) is 72.9 cm³/mol. The lowest BCUT2D eigenvalue weighted by molar-refractivity contribution is -0.387. The van der Waals surface area contributed by atoms with Crippen molar-refractivity contribution in [2.75, 3.05) is 13.1 Å². The molecular formula is C14H17F2N3O2. The van der Waals surface area contributed by atoms with Crippen LogP contribution in [0.2, 0.25) is 0 Å². The zero-order valence-electron chi connectivity index (χ0n) is 11.5. The first-order valence-electron chi connectivity index (χ1n) is 7.16. The summed E-state index contributed by atoms with van der Waals surface area (Å²) >= 11 is 0. The topological polar surface area (TPSA) is 58.4 Å². The monoisotopic (exact) mass is 297 g/mol. The van der Waals surface area contributed by atoms with E-state index in [9.17, 15) is 18.9 Å². The second-order valence-corrected chi connectivity index (χ2v) is 5.67. The van der Waals surface area contributed by atoms with Crippen molar-refractivity contribution in [3.8, 4) is 0 Å². The number of rotatable bonds is 4. The van der Waals surface area contributed by atoms with Crippen LogP contribution in [0.5, 0.6) is 0 Å². The molecular weight excluding hydrogens is 280 g/mol. The lowest BCUT2D eigenvalue weighted by atomic mass is 10.1. The summed E-state index contributed by atoms with van der Waals surface area (Å²) in [5.74, 6) is -1.88. The van der Waals surface area contributed by atoms with Gasteiger partial charge in [-0.15, -0.1) is 0 Å². The maximum Gasteiger partial charge on any atom is 0.305 e. The summed E-state index contributed by atoms with van der Waals surface area (Å²) in [7, 11) is 0. The molecule has 2 saturated heterocycles. The first-order valence-corrected chi connectivity index (χ1v) is 7.16. The number of hydrogen-bond acceptors (Lipinski definition) is 4. The third-order valence-electron chi connectivity index (χ3n) is 4.47. The van der Waals surface area contributed by atoms with E-state index in [0.717, 1.165) is 32.0 Å². The largest absolute Gasteiger partial charge is 0.308 e. The first-order chi connectivity index (χ1) is 10.1. The fourth-order valence-electron chi connectivity index (χ4n) is 3.42. The molecule has 0 bridgehead atoms. The number of hydrogen-bond donors (Lipinski definition) is 1. The van der Waals surface area contributed by atoms with Gasteiger partial charge in [0.15, 0.2) is 0 Å². The molecule has 7 heteroatoms. The van der Waals surface area contributed by atoms with Crippen molar-refractivity contribution in [3.05, 3.63) is 39.4 Å². The van der Waals surface area contributed by atoms with Crippen molar-refractivity contribution in [2.45, 2.75) is 37.9 Å². The molecule has 2 unspecified atom stereocenters. The Kier molecular flexibility index (Phi) is 3.86. The lowest BCUT2D eigenvalue weighted by Gasteiger charge is -2.21. The Balaban J connectivity index is 1.70. The van der Waals surface area contributed by atoms with E-state index in [1.54, 1.807) is 0 Å². The van der Waals surface area contributed by atoms with E-state index in [2.05, 4.69) is 10.2 Å². The summed E-state index contributed by atoms with van der Waals surface area (Å²) < 4.78 is 27.0. The number of halogens is 2. The molecule has 2 fully saturated rings. The van der Waals surface area contributed by atoms with Crippen molar-refractivity contribution in [1.29, 1.82) is 0 Å². The van der Waals surface area contributed by atoms with E-state index in [1.165, 1.54) is 6.42 Å². The SMILES string of the molecule is O=[N+]([O-])c1cc(CNC2CCN3CCCC23)c(F)cc1F. The van der Waals surface area contributed by atoms with Gasteiger partial charge in [0, 0.05) is 42.9 Å². The van der Waals surface area contributed by atoms with Crippen LogP contribution in [0.25, 0.3) is 0 Å². The minimum absolute atomic E-state index is 0.138. The molecule has 2 aliphatic heterocycles. The third kappa shape index (κ3) is 2.75. The summed E-state index contributed by atoms with van der Waals surface area (Å²) in [5, 5.41) is 14.0. The molecule has 0 amide bonds. The van der Waals surface area contributed by atoms with Crippen LogP contribution in [0, 0.1) is 21.7 Å². The maximum absolute atomic E-state index is 13.7. The molecule has 0 radical (unpaired) electrons. The third-order valence-corrected chi connectivity index (χ3v) is 4.47. The van der Waals surface area contributed by atoms with Crippen molar-refractivity contribution in [2.24, 2.45) is 0 Å². The van der Waals surface area contributed by atoms with Gasteiger partial charge in [-0.2, -0.15) is 4.39 Å². The number of nitro groups is 1. The zero-order valence-corrected chi connectivity index (χ0v) is 11.5. The normalized spacial score (nSPS) is 25.2. The van der Waals surface area contributed by atoms with Crippen LogP contribution in [0.1, 0.15) is 24.8 Å². The standard InChI is InChI=1S/C14H17F2N3O2/c15-10-7-11(16)14(19(20)21)6-9(10)8-17-12-3-5-18-4-1-2-13(12)18/h6-7,12-13,17H,1-5,8H2. The smallest absolute Gasteiger partial charge is 0.305 e. The molecule has 2 atom stereocenters. The molecule has 0 aliphatic carbocycles. The van der Waals surface area contributed by atoms with E-state index < -0.39 is 22.2 Å². The molecule has 0 spiro atoms. The van der Waals surface area contributed by atoms with Crippen LogP contribution in [-0.4, -0.2) is 35.0 Å². The molecule has 0 saturated carbocycles. The minimum atomic E-state index is -1.14. The second kappa shape index (κ2) is 5.65. The first kappa shape index (κ1) is 14.3. The van der Waals surface area contributed by atoms with Crippen LogP contribution in [-0.2, 0) is 6.54 Å². The van der Waals surface area contributed by atoms with Crippen molar-refractivity contribution in [1.82, 2.24) is 10.2 Å². The Bertz CT molecular complexity index is 567. The summed E-state index contributed by atoms with van der Waals surface area (Å²) in [6.45, 7) is 2.33. The average Bonchev–Trinajstić information content (AvgIpc) is 3.01. The quantitative estimate of drug-likeness (QED) is 0.684. The van der Waals surface area contributed by atoms with Gasteiger partial charge in [0.2, 0.25) is 5.82 Å². The van der Waals surface area contributed by atoms with Crippen LogP contribution in [0.3, 0.4) is 0 Å². The molecule has 21 heavy (non-hydrogen) atoms. The minimum Gasteiger partial charge on any atom is -0.308 e. The highest BCUT2D eigenvalue weighted by Crippen LogP contribution is 2.28. The van der Waals surface area contributed by atoms with Gasteiger partial charge < -0.3 is 5.32 Å². The number of fused-ring (bicyclic) bond motifs is 1. The highest BCUT2D eigenvalue weighted by atomic mass is 19.1. The van der Waals surface area contributed by atoms with Crippen LogP contribution in [0.4, 0.5) is 14.5 Å². The van der Waals surface area contributed by atoms with Crippen molar-refractivity contribution >= 4 is 5.69 Å². The van der Waals surface area contributed by atoms with Gasteiger partial charge in [-0.3, -0.25) is 15.0 Å². The van der Waals surface area contributed by atoms with Crippen molar-refractivity contribution in [3.63, 3.8) is 0 Å². The summed E-state index contributed by atoms with van der Waals surface area (Å²) in [5.41, 5.74) is -0.540. The lowest BCUT2D eigenvalue weighted by Crippen LogP contribution is -2.38. The Morgan fingerprint density at radius 1 is 1.29 bits per heavy atom.